The minimum atomic E-state index is -0.617. The van der Waals surface area contributed by atoms with Crippen LogP contribution in [-0.4, -0.2) is 17.0 Å². The van der Waals surface area contributed by atoms with E-state index in [1.54, 1.807) is 12.1 Å². The molecule has 0 saturated heterocycles. The van der Waals surface area contributed by atoms with Gasteiger partial charge in [0, 0.05) is 11.8 Å². The lowest BCUT2D eigenvalue weighted by Gasteiger charge is -2.02. The van der Waals surface area contributed by atoms with Gasteiger partial charge in [0.15, 0.2) is 0 Å². The van der Waals surface area contributed by atoms with Gasteiger partial charge in [0.05, 0.1) is 6.07 Å². The highest BCUT2D eigenvalue weighted by Gasteiger charge is 2.09. The van der Waals surface area contributed by atoms with Crippen LogP contribution in [0.25, 0.3) is 6.08 Å². The Kier molecular flexibility index (Phi) is 4.81. The van der Waals surface area contributed by atoms with Crippen molar-refractivity contribution in [3.8, 4) is 0 Å². The first kappa shape index (κ1) is 15.2. The third kappa shape index (κ3) is 3.89. The van der Waals surface area contributed by atoms with E-state index < -0.39 is 4.92 Å². The monoisotopic (exact) mass is 299 g/mol. The van der Waals surface area contributed by atoms with Crippen molar-refractivity contribution < 1.29 is 14.1 Å². The van der Waals surface area contributed by atoms with E-state index in [2.05, 4.69) is 10.5 Å². The molecule has 0 fully saturated rings. The zero-order valence-corrected chi connectivity index (χ0v) is 11.7. The summed E-state index contributed by atoms with van der Waals surface area (Å²) < 4.78 is 4.92. The van der Waals surface area contributed by atoms with Gasteiger partial charge in [-0.15, -0.1) is 0 Å². The normalized spacial score (nSPS) is 11.1. The Hall–Kier alpha value is -3.22. The molecule has 7 heteroatoms. The third-order valence-corrected chi connectivity index (χ3v) is 2.77. The lowest BCUT2D eigenvalue weighted by Crippen LogP contribution is -2.18. The van der Waals surface area contributed by atoms with E-state index in [4.69, 9.17) is 4.42 Å². The number of furan rings is 1. The van der Waals surface area contributed by atoms with Crippen molar-refractivity contribution in [3.63, 3.8) is 0 Å². The summed E-state index contributed by atoms with van der Waals surface area (Å²) >= 11 is 0. The number of hydrogen-bond donors (Lipinski definition) is 1. The Bertz CT molecular complexity index is 747. The van der Waals surface area contributed by atoms with Gasteiger partial charge < -0.3 is 4.42 Å². The summed E-state index contributed by atoms with van der Waals surface area (Å²) in [4.78, 5) is 21.7. The van der Waals surface area contributed by atoms with Crippen molar-refractivity contribution in [1.82, 2.24) is 5.43 Å². The van der Waals surface area contributed by atoms with Gasteiger partial charge in [-0.25, -0.2) is 5.43 Å². The van der Waals surface area contributed by atoms with E-state index >= 15 is 0 Å². The summed E-state index contributed by atoms with van der Waals surface area (Å²) in [7, 11) is 0. The zero-order chi connectivity index (χ0) is 15.9. The molecule has 2 aromatic rings. The highest BCUT2D eigenvalue weighted by molar-refractivity contribution is 5.96. The van der Waals surface area contributed by atoms with Gasteiger partial charge in [-0.3, -0.25) is 14.9 Å². The summed E-state index contributed by atoms with van der Waals surface area (Å²) in [5.41, 5.74) is 3.79. The number of aryl methyl sites for hydroxylation is 1. The number of nitrogens with zero attached hydrogens (tertiary/aromatic N) is 2. The van der Waals surface area contributed by atoms with Gasteiger partial charge in [0.2, 0.25) is 0 Å². The van der Waals surface area contributed by atoms with Gasteiger partial charge in [0.1, 0.15) is 10.7 Å². The molecule has 0 atom stereocenters. The van der Waals surface area contributed by atoms with Crippen molar-refractivity contribution >= 4 is 24.1 Å². The maximum Gasteiger partial charge on any atom is 0.433 e. The van der Waals surface area contributed by atoms with Crippen molar-refractivity contribution in [2.75, 3.05) is 0 Å². The number of nitro groups is 1. The second-order valence-corrected chi connectivity index (χ2v) is 4.33. The van der Waals surface area contributed by atoms with Gasteiger partial charge in [-0.2, -0.15) is 5.10 Å². The summed E-state index contributed by atoms with van der Waals surface area (Å²) in [6.07, 6.45) is 4.35. The SMILES string of the molecule is Cc1ccccc1C(=O)N/N=C/C=C/c1ccc([N+](=O)[O-])o1. The van der Waals surface area contributed by atoms with Crippen LogP contribution in [0.2, 0.25) is 0 Å². The number of rotatable bonds is 5. The van der Waals surface area contributed by atoms with E-state index in [1.807, 2.05) is 19.1 Å². The number of allylic oxidation sites excluding steroid dienone is 1. The minimum Gasteiger partial charge on any atom is -0.401 e. The molecule has 1 aromatic heterocycles. The number of amides is 1. The third-order valence-electron chi connectivity index (χ3n) is 2.77. The Balaban J connectivity index is 1.90. The molecule has 2 rings (SSSR count). The maximum absolute atomic E-state index is 11.8. The van der Waals surface area contributed by atoms with Crippen LogP contribution in [0.4, 0.5) is 5.88 Å². The molecule has 0 bridgehead atoms. The van der Waals surface area contributed by atoms with E-state index in [9.17, 15) is 14.9 Å². The van der Waals surface area contributed by atoms with Crippen LogP contribution >= 0.6 is 0 Å². The average molecular weight is 299 g/mol. The van der Waals surface area contributed by atoms with E-state index in [0.29, 0.717) is 11.3 Å². The second-order valence-electron chi connectivity index (χ2n) is 4.33. The number of nitrogens with one attached hydrogen (secondary N) is 1. The first-order chi connectivity index (χ1) is 10.6. The summed E-state index contributed by atoms with van der Waals surface area (Å²) in [6.45, 7) is 1.84. The minimum absolute atomic E-state index is 0.309. The molecular formula is C15H13N3O4. The van der Waals surface area contributed by atoms with Crippen LogP contribution in [-0.2, 0) is 0 Å². The lowest BCUT2D eigenvalue weighted by molar-refractivity contribution is -0.402. The summed E-state index contributed by atoms with van der Waals surface area (Å²) in [5, 5.41) is 14.2. The summed E-state index contributed by atoms with van der Waals surface area (Å²) in [6, 6.07) is 9.89. The largest absolute Gasteiger partial charge is 0.433 e. The first-order valence-corrected chi connectivity index (χ1v) is 6.38. The Morgan fingerprint density at radius 3 is 2.77 bits per heavy atom. The van der Waals surface area contributed by atoms with Gasteiger partial charge in [-0.05, 0) is 36.8 Å². The molecule has 1 heterocycles. The molecule has 0 aliphatic heterocycles. The molecule has 7 nitrogen and oxygen atoms in total. The highest BCUT2D eigenvalue weighted by atomic mass is 16.6. The predicted molar refractivity (Wildman–Crippen MR) is 81.5 cm³/mol. The molecule has 1 amide bonds. The fourth-order valence-electron chi connectivity index (χ4n) is 1.69. The Morgan fingerprint density at radius 2 is 2.09 bits per heavy atom. The number of hydrogen-bond acceptors (Lipinski definition) is 5. The number of benzene rings is 1. The van der Waals surface area contributed by atoms with Crippen molar-refractivity contribution in [3.05, 3.63) is 69.5 Å². The topological polar surface area (TPSA) is 97.7 Å². The van der Waals surface area contributed by atoms with E-state index in [-0.39, 0.29) is 11.8 Å². The van der Waals surface area contributed by atoms with Crippen molar-refractivity contribution in [2.45, 2.75) is 6.92 Å². The van der Waals surface area contributed by atoms with Crippen LogP contribution in [0.1, 0.15) is 21.7 Å². The number of carbonyl (C=O) groups is 1. The first-order valence-electron chi connectivity index (χ1n) is 6.38. The zero-order valence-electron chi connectivity index (χ0n) is 11.7. The van der Waals surface area contributed by atoms with Crippen LogP contribution in [0.5, 0.6) is 0 Å². The standard InChI is InChI=1S/C15H13N3O4/c1-11-5-2-3-7-13(11)15(19)17-16-10-4-6-12-8-9-14(22-12)18(20)21/h2-10H,1H3,(H,17,19)/b6-4+,16-10+. The van der Waals surface area contributed by atoms with Crippen molar-refractivity contribution in [2.24, 2.45) is 5.10 Å². The number of hydrazone groups is 1. The second kappa shape index (κ2) is 6.98. The average Bonchev–Trinajstić information content (AvgIpc) is 2.96. The van der Waals surface area contributed by atoms with Crippen LogP contribution in [0, 0.1) is 17.0 Å². The summed E-state index contributed by atoms with van der Waals surface area (Å²) in [5.74, 6) is -0.316. The molecule has 0 aliphatic rings. The molecule has 1 aromatic carbocycles. The molecule has 112 valence electrons. The highest BCUT2D eigenvalue weighted by Crippen LogP contribution is 2.16. The van der Waals surface area contributed by atoms with Gasteiger partial charge >= 0.3 is 5.88 Å². The Morgan fingerprint density at radius 1 is 1.32 bits per heavy atom. The van der Waals surface area contributed by atoms with E-state index in [1.165, 1.54) is 30.5 Å². The van der Waals surface area contributed by atoms with Crippen LogP contribution < -0.4 is 5.43 Å². The van der Waals surface area contributed by atoms with E-state index in [0.717, 1.165) is 5.56 Å². The fraction of sp³-hybridized carbons (Fsp3) is 0.0667. The molecular weight excluding hydrogens is 286 g/mol. The van der Waals surface area contributed by atoms with Crippen molar-refractivity contribution in [1.29, 1.82) is 0 Å². The number of carbonyl (C=O) groups excluding carboxylic acids is 1. The molecule has 0 radical (unpaired) electrons. The van der Waals surface area contributed by atoms with Crippen LogP contribution in [0.15, 0.2) is 52.0 Å². The maximum atomic E-state index is 11.8. The molecule has 0 spiro atoms. The molecule has 1 N–H and O–H groups in total. The smallest absolute Gasteiger partial charge is 0.401 e. The molecule has 0 unspecified atom stereocenters. The fourth-order valence-corrected chi connectivity index (χ4v) is 1.69. The van der Waals surface area contributed by atoms with Gasteiger partial charge in [-0.1, -0.05) is 18.2 Å². The molecule has 0 aliphatic carbocycles. The molecule has 22 heavy (non-hydrogen) atoms. The van der Waals surface area contributed by atoms with Crippen LogP contribution in [0.3, 0.4) is 0 Å². The molecule has 0 saturated carbocycles. The Labute approximate surface area is 126 Å². The lowest BCUT2D eigenvalue weighted by atomic mass is 10.1. The predicted octanol–water partition coefficient (Wildman–Crippen LogP) is 2.93. The quantitative estimate of drug-likeness (QED) is 0.521. The van der Waals surface area contributed by atoms with Gasteiger partial charge in [0.25, 0.3) is 5.91 Å².